The van der Waals surface area contributed by atoms with E-state index in [4.69, 9.17) is 5.73 Å². The highest BCUT2D eigenvalue weighted by molar-refractivity contribution is 5.97. The van der Waals surface area contributed by atoms with Crippen LogP contribution in [0.1, 0.15) is 49.5 Å². The van der Waals surface area contributed by atoms with Crippen LogP contribution in [0.2, 0.25) is 0 Å². The Bertz CT molecular complexity index is 632. The second-order valence-electron chi connectivity index (χ2n) is 5.75. The Morgan fingerprint density at radius 3 is 2.55 bits per heavy atom. The number of carbonyl (C=O) groups excluding carboxylic acids is 2. The van der Waals surface area contributed by atoms with Gasteiger partial charge < -0.3 is 10.6 Å². The lowest BCUT2D eigenvalue weighted by molar-refractivity contribution is -0.127. The van der Waals surface area contributed by atoms with Gasteiger partial charge in [0.2, 0.25) is 5.91 Å². The lowest BCUT2D eigenvalue weighted by Crippen LogP contribution is -2.56. The molecule has 1 aromatic rings. The van der Waals surface area contributed by atoms with Gasteiger partial charge in [0.25, 0.3) is 11.5 Å². The number of likely N-dealkylation sites (N-methyl/N-ethyl adjacent to an activating group) is 1. The van der Waals surface area contributed by atoms with Crippen molar-refractivity contribution in [1.82, 2.24) is 14.7 Å². The van der Waals surface area contributed by atoms with E-state index in [1.165, 1.54) is 21.7 Å². The highest BCUT2D eigenvalue weighted by Gasteiger charge is 2.45. The van der Waals surface area contributed by atoms with E-state index in [0.717, 1.165) is 19.3 Å². The quantitative estimate of drug-likeness (QED) is 0.857. The van der Waals surface area contributed by atoms with Gasteiger partial charge in [0.05, 0.1) is 0 Å². The Balaban J connectivity index is 2.32. The molecule has 1 saturated carbocycles. The zero-order valence-corrected chi connectivity index (χ0v) is 13.0. The van der Waals surface area contributed by atoms with Gasteiger partial charge in [-0.05, 0) is 25.3 Å². The number of nitrogens with zero attached hydrogens (tertiary/aromatic N) is 3. The summed E-state index contributed by atoms with van der Waals surface area (Å²) in [5.41, 5.74) is 4.51. The summed E-state index contributed by atoms with van der Waals surface area (Å²) >= 11 is 0. The number of carbonyl (C=O) groups is 2. The zero-order chi connectivity index (χ0) is 16.3. The molecule has 1 aliphatic rings. The summed E-state index contributed by atoms with van der Waals surface area (Å²) < 4.78 is 1.27. The second kappa shape index (κ2) is 6.29. The molecule has 0 spiro atoms. The highest BCUT2D eigenvalue weighted by atomic mass is 16.2. The molecule has 0 saturated heterocycles. The summed E-state index contributed by atoms with van der Waals surface area (Å²) in [5, 5.41) is 4.11. The van der Waals surface area contributed by atoms with Gasteiger partial charge in [-0.2, -0.15) is 5.10 Å². The number of aryl methyl sites for hydroxylation is 1. The van der Waals surface area contributed by atoms with Gasteiger partial charge in [0, 0.05) is 19.7 Å². The third-order valence-electron chi connectivity index (χ3n) is 4.36. The van der Waals surface area contributed by atoms with Crippen molar-refractivity contribution in [2.75, 3.05) is 7.05 Å². The summed E-state index contributed by atoms with van der Waals surface area (Å²) in [6, 6.07) is 2.73. The number of rotatable bonds is 5. The monoisotopic (exact) mass is 306 g/mol. The molecule has 2 amide bonds. The van der Waals surface area contributed by atoms with Crippen molar-refractivity contribution in [1.29, 1.82) is 0 Å². The molecule has 2 rings (SSSR count). The predicted octanol–water partition coefficient (Wildman–Crippen LogP) is 0.523. The predicted molar refractivity (Wildman–Crippen MR) is 81.3 cm³/mol. The van der Waals surface area contributed by atoms with E-state index >= 15 is 0 Å². The molecule has 7 nitrogen and oxygen atoms in total. The average molecular weight is 306 g/mol. The Hall–Kier alpha value is -2.18. The standard InChI is InChI=1S/C15H22N4O3/c1-3-10-19-12(20)7-6-11(17-19)13(21)18(2)15(14(16)22)8-4-5-9-15/h6-7H,3-5,8-10H2,1-2H3,(H2,16,22). The van der Waals surface area contributed by atoms with Gasteiger partial charge in [0.1, 0.15) is 11.2 Å². The first-order valence-electron chi connectivity index (χ1n) is 7.58. The van der Waals surface area contributed by atoms with Crippen molar-refractivity contribution in [3.63, 3.8) is 0 Å². The smallest absolute Gasteiger partial charge is 0.274 e. The summed E-state index contributed by atoms with van der Waals surface area (Å²) in [6.45, 7) is 2.37. The molecule has 1 heterocycles. The number of hydrogen-bond acceptors (Lipinski definition) is 4. The summed E-state index contributed by atoms with van der Waals surface area (Å²) in [4.78, 5) is 37.6. The van der Waals surface area contributed by atoms with Gasteiger partial charge in [-0.25, -0.2) is 4.68 Å². The van der Waals surface area contributed by atoms with Gasteiger partial charge in [-0.15, -0.1) is 0 Å². The molecule has 1 aliphatic carbocycles. The summed E-state index contributed by atoms with van der Waals surface area (Å²) in [5.74, 6) is -0.867. The third-order valence-corrected chi connectivity index (χ3v) is 4.36. The zero-order valence-electron chi connectivity index (χ0n) is 13.0. The fourth-order valence-electron chi connectivity index (χ4n) is 3.01. The van der Waals surface area contributed by atoms with Crippen molar-refractivity contribution in [3.8, 4) is 0 Å². The summed E-state index contributed by atoms with van der Waals surface area (Å²) in [6.07, 6.45) is 3.61. The van der Waals surface area contributed by atoms with Crippen molar-refractivity contribution in [2.45, 2.75) is 51.1 Å². The fraction of sp³-hybridized carbons (Fsp3) is 0.600. The maximum Gasteiger partial charge on any atom is 0.274 e. The minimum Gasteiger partial charge on any atom is -0.368 e. The van der Waals surface area contributed by atoms with Gasteiger partial charge in [-0.1, -0.05) is 19.8 Å². The number of aromatic nitrogens is 2. The first-order valence-corrected chi connectivity index (χ1v) is 7.58. The molecule has 0 atom stereocenters. The van der Waals surface area contributed by atoms with Crippen LogP contribution in [0.3, 0.4) is 0 Å². The molecule has 7 heteroatoms. The van der Waals surface area contributed by atoms with Crippen LogP contribution >= 0.6 is 0 Å². The molecular weight excluding hydrogens is 284 g/mol. The average Bonchev–Trinajstić information content (AvgIpc) is 2.99. The molecule has 1 aromatic heterocycles. The summed E-state index contributed by atoms with van der Waals surface area (Å²) in [7, 11) is 1.58. The van der Waals surface area contributed by atoms with E-state index in [1.807, 2.05) is 6.92 Å². The second-order valence-corrected chi connectivity index (χ2v) is 5.75. The normalized spacial score (nSPS) is 16.5. The number of primary amides is 1. The SMILES string of the molecule is CCCn1nc(C(=O)N(C)C2(C(N)=O)CCCC2)ccc1=O. The first-order chi connectivity index (χ1) is 10.4. The fourth-order valence-corrected chi connectivity index (χ4v) is 3.01. The van der Waals surface area contributed by atoms with E-state index in [-0.39, 0.29) is 17.2 Å². The van der Waals surface area contributed by atoms with E-state index in [9.17, 15) is 14.4 Å². The molecular formula is C15H22N4O3. The first kappa shape index (κ1) is 16.2. The van der Waals surface area contributed by atoms with Crippen LogP contribution in [0.5, 0.6) is 0 Å². The van der Waals surface area contributed by atoms with Crippen molar-refractivity contribution in [2.24, 2.45) is 5.73 Å². The van der Waals surface area contributed by atoms with Crippen LogP contribution in [0.25, 0.3) is 0 Å². The molecule has 0 aromatic carbocycles. The van der Waals surface area contributed by atoms with Crippen molar-refractivity contribution < 1.29 is 9.59 Å². The number of amides is 2. The highest BCUT2D eigenvalue weighted by Crippen LogP contribution is 2.34. The Morgan fingerprint density at radius 1 is 1.36 bits per heavy atom. The molecule has 1 fully saturated rings. The van der Waals surface area contributed by atoms with E-state index in [0.29, 0.717) is 19.4 Å². The van der Waals surface area contributed by atoms with E-state index < -0.39 is 11.4 Å². The van der Waals surface area contributed by atoms with Crippen LogP contribution in [-0.2, 0) is 11.3 Å². The minimum absolute atomic E-state index is 0.156. The maximum absolute atomic E-state index is 12.6. The molecule has 2 N–H and O–H groups in total. The van der Waals surface area contributed by atoms with Crippen LogP contribution in [0.15, 0.2) is 16.9 Å². The van der Waals surface area contributed by atoms with Gasteiger partial charge >= 0.3 is 0 Å². The van der Waals surface area contributed by atoms with Crippen molar-refractivity contribution in [3.05, 3.63) is 28.2 Å². The molecule has 120 valence electrons. The lowest BCUT2D eigenvalue weighted by Gasteiger charge is -2.35. The van der Waals surface area contributed by atoms with Crippen LogP contribution in [0, 0.1) is 0 Å². The minimum atomic E-state index is -0.940. The Morgan fingerprint density at radius 2 is 2.00 bits per heavy atom. The van der Waals surface area contributed by atoms with Crippen LogP contribution in [-0.4, -0.2) is 39.1 Å². The van der Waals surface area contributed by atoms with Crippen LogP contribution < -0.4 is 11.3 Å². The topological polar surface area (TPSA) is 98.3 Å². The van der Waals surface area contributed by atoms with Gasteiger partial charge in [-0.3, -0.25) is 14.4 Å². The lowest BCUT2D eigenvalue weighted by atomic mass is 9.94. The van der Waals surface area contributed by atoms with Gasteiger partial charge in [0.15, 0.2) is 0 Å². The molecule has 0 bridgehead atoms. The number of hydrogen-bond donors (Lipinski definition) is 1. The van der Waals surface area contributed by atoms with E-state index in [1.54, 1.807) is 7.05 Å². The molecule has 0 radical (unpaired) electrons. The molecule has 0 unspecified atom stereocenters. The third kappa shape index (κ3) is 2.75. The molecule has 0 aliphatic heterocycles. The Labute approximate surface area is 129 Å². The molecule has 22 heavy (non-hydrogen) atoms. The Kier molecular flexibility index (Phi) is 4.63. The van der Waals surface area contributed by atoms with Crippen LogP contribution in [0.4, 0.5) is 0 Å². The van der Waals surface area contributed by atoms with Crippen molar-refractivity contribution >= 4 is 11.8 Å². The number of nitrogens with two attached hydrogens (primary N) is 1. The maximum atomic E-state index is 12.6. The largest absolute Gasteiger partial charge is 0.368 e. The van der Waals surface area contributed by atoms with E-state index in [2.05, 4.69) is 5.10 Å².